The van der Waals surface area contributed by atoms with Gasteiger partial charge in [0.15, 0.2) is 0 Å². The Bertz CT molecular complexity index is 1120. The molecule has 0 spiro atoms. The monoisotopic (exact) mass is 470 g/mol. The Hall–Kier alpha value is -3.49. The fraction of sp³-hybridized carbons (Fsp3) is 0.269. The highest BCUT2D eigenvalue weighted by atomic mass is 19.1. The summed E-state index contributed by atoms with van der Waals surface area (Å²) < 4.78 is 32.6. The summed E-state index contributed by atoms with van der Waals surface area (Å²) in [5, 5.41) is 26.8. The van der Waals surface area contributed by atoms with Gasteiger partial charge in [0.1, 0.15) is 23.1 Å². The van der Waals surface area contributed by atoms with Crippen LogP contribution in [0.4, 0.5) is 8.78 Å². The lowest BCUT2D eigenvalue weighted by molar-refractivity contribution is 0.0827. The number of phenolic OH excluding ortho intramolecular Hbond substituents is 1. The zero-order chi connectivity index (χ0) is 24.7. The molecule has 0 radical (unpaired) electrons. The molecular formula is C26H28F2N2O4. The average molecular weight is 471 g/mol. The lowest BCUT2D eigenvalue weighted by Gasteiger charge is -2.25. The highest BCUT2D eigenvalue weighted by molar-refractivity contribution is 5.97. The van der Waals surface area contributed by atoms with Crippen LogP contribution in [0.3, 0.4) is 0 Å². The molecule has 180 valence electrons. The van der Waals surface area contributed by atoms with Crippen LogP contribution in [-0.4, -0.2) is 41.9 Å². The van der Waals surface area contributed by atoms with Crippen molar-refractivity contribution in [2.45, 2.75) is 32.0 Å². The number of aliphatic hydroxyl groups is 1. The van der Waals surface area contributed by atoms with Crippen LogP contribution in [0.25, 0.3) is 0 Å². The molecule has 0 fully saturated rings. The van der Waals surface area contributed by atoms with Gasteiger partial charge in [-0.25, -0.2) is 8.78 Å². The first-order valence-corrected chi connectivity index (χ1v) is 10.8. The topological polar surface area (TPSA) is 90.8 Å². The van der Waals surface area contributed by atoms with E-state index in [-0.39, 0.29) is 29.8 Å². The first-order chi connectivity index (χ1) is 16.2. The van der Waals surface area contributed by atoms with Crippen LogP contribution in [0, 0.1) is 18.6 Å². The van der Waals surface area contributed by atoms with E-state index in [1.807, 2.05) is 24.3 Å². The molecule has 1 amide bonds. The number of phenols is 1. The van der Waals surface area contributed by atoms with Crippen LogP contribution < -0.4 is 15.4 Å². The number of rotatable bonds is 10. The number of aryl methyl sites for hydroxylation is 1. The van der Waals surface area contributed by atoms with Gasteiger partial charge in [0.05, 0.1) is 24.8 Å². The second kappa shape index (κ2) is 11.6. The van der Waals surface area contributed by atoms with Gasteiger partial charge >= 0.3 is 0 Å². The van der Waals surface area contributed by atoms with E-state index in [2.05, 4.69) is 10.6 Å². The lowest BCUT2D eigenvalue weighted by Crippen LogP contribution is -2.48. The molecule has 3 aromatic rings. The van der Waals surface area contributed by atoms with Crippen molar-refractivity contribution in [3.05, 3.63) is 94.6 Å². The molecule has 3 rings (SSSR count). The number of hydrogen-bond acceptors (Lipinski definition) is 5. The van der Waals surface area contributed by atoms with Crippen molar-refractivity contribution in [1.29, 1.82) is 0 Å². The summed E-state index contributed by atoms with van der Waals surface area (Å²) in [6.07, 6.45) is -1.11. The smallest absolute Gasteiger partial charge is 0.255 e. The second-order valence-corrected chi connectivity index (χ2v) is 8.13. The summed E-state index contributed by atoms with van der Waals surface area (Å²) in [5.41, 5.74) is 2.03. The number of halogens is 2. The van der Waals surface area contributed by atoms with Gasteiger partial charge in [0.2, 0.25) is 0 Å². The molecule has 0 aliphatic rings. The third kappa shape index (κ3) is 7.00. The Morgan fingerprint density at radius 2 is 1.76 bits per heavy atom. The number of amides is 1. The molecule has 0 aliphatic heterocycles. The first kappa shape index (κ1) is 25.1. The van der Waals surface area contributed by atoms with Gasteiger partial charge in [-0.3, -0.25) is 4.79 Å². The number of carbonyl (C=O) groups excluding carboxylic acids is 1. The predicted octanol–water partition coefficient (Wildman–Crippen LogP) is 3.48. The van der Waals surface area contributed by atoms with Crippen molar-refractivity contribution >= 4 is 5.91 Å². The summed E-state index contributed by atoms with van der Waals surface area (Å²) in [6, 6.07) is 14.2. The number of benzene rings is 3. The molecule has 0 saturated carbocycles. The van der Waals surface area contributed by atoms with Gasteiger partial charge in [-0.2, -0.15) is 0 Å². The third-order valence-corrected chi connectivity index (χ3v) is 5.37. The van der Waals surface area contributed by atoms with Crippen molar-refractivity contribution in [1.82, 2.24) is 10.6 Å². The van der Waals surface area contributed by atoms with Gasteiger partial charge < -0.3 is 25.6 Å². The largest absolute Gasteiger partial charge is 0.507 e. The number of nitrogens with one attached hydrogen (secondary N) is 2. The van der Waals surface area contributed by atoms with Gasteiger partial charge in [0, 0.05) is 19.2 Å². The Morgan fingerprint density at radius 3 is 2.47 bits per heavy atom. The highest BCUT2D eigenvalue weighted by Crippen LogP contribution is 2.19. The van der Waals surface area contributed by atoms with Gasteiger partial charge in [-0.1, -0.05) is 23.8 Å². The molecule has 0 bridgehead atoms. The molecule has 3 aromatic carbocycles. The number of aromatic hydroxyl groups is 1. The molecule has 34 heavy (non-hydrogen) atoms. The van der Waals surface area contributed by atoms with Crippen LogP contribution in [0.15, 0.2) is 60.7 Å². The number of carbonyl (C=O) groups is 1. The standard InChI is InChI=1S/C26H28F2N2O4/c1-16-6-7-24(31)22(8-16)26(33)30-23(12-18-9-19(27)13-20(28)10-18)25(32)15-29-14-17-4-3-5-21(11-17)34-2/h3-11,13,23,25,29,31-32H,12,14-15H2,1-2H3,(H,30,33). The van der Waals surface area contributed by atoms with Crippen LogP contribution in [0.5, 0.6) is 11.5 Å². The normalized spacial score (nSPS) is 12.7. The lowest BCUT2D eigenvalue weighted by atomic mass is 9.99. The average Bonchev–Trinajstić information content (AvgIpc) is 2.79. The molecule has 0 heterocycles. The summed E-state index contributed by atoms with van der Waals surface area (Å²) in [6.45, 7) is 2.31. The van der Waals surface area contributed by atoms with Crippen LogP contribution >= 0.6 is 0 Å². The van der Waals surface area contributed by atoms with Gasteiger partial charge in [0.25, 0.3) is 5.91 Å². The SMILES string of the molecule is COc1cccc(CNCC(O)C(Cc2cc(F)cc(F)c2)NC(=O)c2cc(C)ccc2O)c1. The molecule has 0 aromatic heterocycles. The molecule has 4 N–H and O–H groups in total. The van der Waals surface area contributed by atoms with Crippen molar-refractivity contribution in [3.63, 3.8) is 0 Å². The molecule has 2 atom stereocenters. The quantitative estimate of drug-likeness (QED) is 0.364. The van der Waals surface area contributed by atoms with Crippen molar-refractivity contribution in [3.8, 4) is 11.5 Å². The first-order valence-electron chi connectivity index (χ1n) is 10.8. The second-order valence-electron chi connectivity index (χ2n) is 8.13. The summed E-state index contributed by atoms with van der Waals surface area (Å²) >= 11 is 0. The van der Waals surface area contributed by atoms with Crippen LogP contribution in [0.2, 0.25) is 0 Å². The number of ether oxygens (including phenoxy) is 1. The molecule has 2 unspecified atom stereocenters. The van der Waals surface area contributed by atoms with E-state index in [4.69, 9.17) is 4.74 Å². The summed E-state index contributed by atoms with van der Waals surface area (Å²) in [7, 11) is 1.57. The van der Waals surface area contributed by atoms with Gasteiger partial charge in [-0.15, -0.1) is 0 Å². The minimum Gasteiger partial charge on any atom is -0.507 e. The fourth-order valence-electron chi connectivity index (χ4n) is 3.63. The van der Waals surface area contributed by atoms with E-state index in [9.17, 15) is 23.8 Å². The minimum atomic E-state index is -1.09. The van der Waals surface area contributed by atoms with E-state index < -0.39 is 29.7 Å². The maximum Gasteiger partial charge on any atom is 0.255 e. The van der Waals surface area contributed by atoms with E-state index in [0.717, 1.165) is 29.3 Å². The van der Waals surface area contributed by atoms with Crippen LogP contribution in [-0.2, 0) is 13.0 Å². The number of methoxy groups -OCH3 is 1. The molecule has 0 saturated heterocycles. The highest BCUT2D eigenvalue weighted by Gasteiger charge is 2.24. The predicted molar refractivity (Wildman–Crippen MR) is 125 cm³/mol. The molecule has 6 nitrogen and oxygen atoms in total. The van der Waals surface area contributed by atoms with E-state index >= 15 is 0 Å². The zero-order valence-electron chi connectivity index (χ0n) is 19.0. The summed E-state index contributed by atoms with van der Waals surface area (Å²) in [5.74, 6) is -1.60. The fourth-order valence-corrected chi connectivity index (χ4v) is 3.63. The Morgan fingerprint density at radius 1 is 1.03 bits per heavy atom. The van der Waals surface area contributed by atoms with Crippen molar-refractivity contribution in [2.24, 2.45) is 0 Å². The van der Waals surface area contributed by atoms with E-state index in [1.54, 1.807) is 20.1 Å². The molecule has 8 heteroatoms. The molecule has 0 aliphatic carbocycles. The van der Waals surface area contributed by atoms with Gasteiger partial charge in [-0.05, 0) is 60.9 Å². The number of aliphatic hydroxyl groups excluding tert-OH is 1. The van der Waals surface area contributed by atoms with E-state index in [0.29, 0.717) is 12.3 Å². The van der Waals surface area contributed by atoms with Crippen molar-refractivity contribution < 1.29 is 28.5 Å². The Kier molecular flexibility index (Phi) is 8.56. The maximum atomic E-state index is 13.7. The third-order valence-electron chi connectivity index (χ3n) is 5.37. The zero-order valence-corrected chi connectivity index (χ0v) is 19.0. The summed E-state index contributed by atoms with van der Waals surface area (Å²) in [4.78, 5) is 12.9. The number of hydrogen-bond donors (Lipinski definition) is 4. The van der Waals surface area contributed by atoms with Crippen LogP contribution in [0.1, 0.15) is 27.0 Å². The minimum absolute atomic E-state index is 0.0188. The van der Waals surface area contributed by atoms with Crippen molar-refractivity contribution in [2.75, 3.05) is 13.7 Å². The van der Waals surface area contributed by atoms with E-state index in [1.165, 1.54) is 12.1 Å². The Labute approximate surface area is 197 Å². The molecular weight excluding hydrogens is 442 g/mol. The maximum absolute atomic E-state index is 13.7. The Balaban J connectivity index is 1.74.